The van der Waals surface area contributed by atoms with E-state index in [0.717, 1.165) is 18.2 Å². The Balaban J connectivity index is 2.11. The summed E-state index contributed by atoms with van der Waals surface area (Å²) in [6.07, 6.45) is 3.51. The van der Waals surface area contributed by atoms with E-state index in [-0.39, 0.29) is 6.10 Å². The molecule has 0 amide bonds. The quantitative estimate of drug-likeness (QED) is 0.579. The summed E-state index contributed by atoms with van der Waals surface area (Å²) >= 11 is 5.79. The van der Waals surface area contributed by atoms with Gasteiger partial charge in [0.2, 0.25) is 0 Å². The molecule has 1 N–H and O–H groups in total. The molecule has 0 heterocycles. The lowest BCUT2D eigenvalue weighted by Gasteiger charge is -2.15. The minimum absolute atomic E-state index is 0.0255. The Bertz CT molecular complexity index is 137. The van der Waals surface area contributed by atoms with Gasteiger partial charge in [0.25, 0.3) is 0 Å². The summed E-state index contributed by atoms with van der Waals surface area (Å²) < 4.78 is 0. The van der Waals surface area contributed by atoms with E-state index in [4.69, 9.17) is 11.6 Å². The second kappa shape index (κ2) is 2.38. The standard InChI is InChI=1S/C8H13ClO/c9-4-7-5-1-2-6(7)8(10)3-5/h5-8,10H,1-4H2. The lowest BCUT2D eigenvalue weighted by Crippen LogP contribution is -2.17. The number of aliphatic hydroxyl groups excluding tert-OH is 1. The largest absolute Gasteiger partial charge is 0.393 e. The monoisotopic (exact) mass is 160 g/mol. The van der Waals surface area contributed by atoms with Crippen LogP contribution in [0.2, 0.25) is 0 Å². The first-order valence-corrected chi connectivity index (χ1v) is 4.60. The summed E-state index contributed by atoms with van der Waals surface area (Å²) in [4.78, 5) is 0. The van der Waals surface area contributed by atoms with Gasteiger partial charge < -0.3 is 5.11 Å². The maximum atomic E-state index is 9.46. The van der Waals surface area contributed by atoms with Gasteiger partial charge in [-0.1, -0.05) is 0 Å². The molecule has 2 aliphatic carbocycles. The molecule has 4 unspecified atom stereocenters. The number of rotatable bonds is 1. The van der Waals surface area contributed by atoms with Crippen molar-refractivity contribution < 1.29 is 5.11 Å². The number of alkyl halides is 1. The Kier molecular flexibility index (Phi) is 1.65. The Morgan fingerprint density at radius 3 is 2.50 bits per heavy atom. The van der Waals surface area contributed by atoms with Crippen molar-refractivity contribution in [3.63, 3.8) is 0 Å². The Labute approximate surface area is 66.4 Å². The lowest BCUT2D eigenvalue weighted by atomic mass is 9.98. The maximum absolute atomic E-state index is 9.46. The van der Waals surface area contributed by atoms with E-state index in [1.165, 1.54) is 12.8 Å². The number of fused-ring (bicyclic) bond motifs is 2. The zero-order chi connectivity index (χ0) is 7.14. The van der Waals surface area contributed by atoms with E-state index in [1.54, 1.807) is 0 Å². The summed E-state index contributed by atoms with van der Waals surface area (Å²) in [5, 5.41) is 9.46. The third kappa shape index (κ3) is 0.802. The van der Waals surface area contributed by atoms with Crippen molar-refractivity contribution in [2.45, 2.75) is 25.4 Å². The van der Waals surface area contributed by atoms with Crippen LogP contribution in [-0.4, -0.2) is 17.1 Å². The molecule has 1 nitrogen and oxygen atoms in total. The molecule has 2 heteroatoms. The summed E-state index contributed by atoms with van der Waals surface area (Å²) in [5.74, 6) is 2.68. The zero-order valence-electron chi connectivity index (χ0n) is 5.96. The van der Waals surface area contributed by atoms with E-state index in [1.807, 2.05) is 0 Å². The molecule has 0 aromatic heterocycles. The highest BCUT2D eigenvalue weighted by molar-refractivity contribution is 6.18. The highest BCUT2D eigenvalue weighted by Gasteiger charge is 2.46. The van der Waals surface area contributed by atoms with Crippen molar-refractivity contribution in [3.8, 4) is 0 Å². The minimum atomic E-state index is -0.0255. The fourth-order valence-electron chi connectivity index (χ4n) is 2.68. The zero-order valence-corrected chi connectivity index (χ0v) is 6.72. The Morgan fingerprint density at radius 1 is 1.40 bits per heavy atom. The van der Waals surface area contributed by atoms with E-state index >= 15 is 0 Å². The SMILES string of the molecule is OC1CC2CCC1C2CCl. The van der Waals surface area contributed by atoms with Crippen LogP contribution >= 0.6 is 11.6 Å². The third-order valence-electron chi connectivity index (χ3n) is 3.24. The predicted octanol–water partition coefficient (Wildman–Crippen LogP) is 1.63. The van der Waals surface area contributed by atoms with Gasteiger partial charge in [0.1, 0.15) is 0 Å². The average Bonchev–Trinajstić information content (AvgIpc) is 2.42. The predicted molar refractivity (Wildman–Crippen MR) is 41.0 cm³/mol. The van der Waals surface area contributed by atoms with Crippen LogP contribution in [-0.2, 0) is 0 Å². The van der Waals surface area contributed by atoms with Gasteiger partial charge in [0.15, 0.2) is 0 Å². The van der Waals surface area contributed by atoms with Crippen LogP contribution in [0.25, 0.3) is 0 Å². The maximum Gasteiger partial charge on any atom is 0.0574 e. The molecule has 2 aliphatic rings. The minimum Gasteiger partial charge on any atom is -0.393 e. The van der Waals surface area contributed by atoms with Crippen molar-refractivity contribution in [1.29, 1.82) is 0 Å². The first-order chi connectivity index (χ1) is 4.83. The van der Waals surface area contributed by atoms with Gasteiger partial charge in [-0.25, -0.2) is 0 Å². The molecule has 2 rings (SSSR count). The van der Waals surface area contributed by atoms with Crippen molar-refractivity contribution in [1.82, 2.24) is 0 Å². The smallest absolute Gasteiger partial charge is 0.0574 e. The van der Waals surface area contributed by atoms with E-state index in [0.29, 0.717) is 11.8 Å². The molecule has 2 bridgehead atoms. The van der Waals surface area contributed by atoms with Gasteiger partial charge in [-0.3, -0.25) is 0 Å². The number of halogens is 1. The normalized spacial score (nSPS) is 52.2. The molecule has 0 aromatic carbocycles. The number of aliphatic hydroxyl groups is 1. The van der Waals surface area contributed by atoms with Gasteiger partial charge in [-0.15, -0.1) is 11.6 Å². The molecule has 2 saturated carbocycles. The first-order valence-electron chi connectivity index (χ1n) is 4.07. The summed E-state index contributed by atoms with van der Waals surface area (Å²) in [5.41, 5.74) is 0. The van der Waals surface area contributed by atoms with Gasteiger partial charge in [-0.05, 0) is 37.0 Å². The van der Waals surface area contributed by atoms with Gasteiger partial charge >= 0.3 is 0 Å². The fourth-order valence-corrected chi connectivity index (χ4v) is 3.16. The van der Waals surface area contributed by atoms with Crippen molar-refractivity contribution in [2.24, 2.45) is 17.8 Å². The number of hydrogen-bond acceptors (Lipinski definition) is 1. The van der Waals surface area contributed by atoms with Crippen molar-refractivity contribution in [2.75, 3.05) is 5.88 Å². The van der Waals surface area contributed by atoms with Crippen molar-refractivity contribution in [3.05, 3.63) is 0 Å². The lowest BCUT2D eigenvalue weighted by molar-refractivity contribution is 0.109. The Hall–Kier alpha value is 0.250. The van der Waals surface area contributed by atoms with Crippen LogP contribution in [0.5, 0.6) is 0 Å². The molecule has 0 aromatic rings. The molecule has 0 aliphatic heterocycles. The summed E-state index contributed by atoms with van der Waals surface area (Å²) in [7, 11) is 0. The molecule has 0 radical (unpaired) electrons. The molecule has 58 valence electrons. The fraction of sp³-hybridized carbons (Fsp3) is 1.00. The van der Waals surface area contributed by atoms with Crippen LogP contribution < -0.4 is 0 Å². The van der Waals surface area contributed by atoms with Crippen molar-refractivity contribution >= 4 is 11.6 Å². The molecule has 0 spiro atoms. The second-order valence-corrected chi connectivity index (χ2v) is 3.93. The van der Waals surface area contributed by atoms with Gasteiger partial charge in [0.05, 0.1) is 6.10 Å². The number of hydrogen-bond donors (Lipinski definition) is 1. The average molecular weight is 161 g/mol. The summed E-state index contributed by atoms with van der Waals surface area (Å²) in [6.45, 7) is 0. The van der Waals surface area contributed by atoms with Crippen LogP contribution in [0, 0.1) is 17.8 Å². The van der Waals surface area contributed by atoms with E-state index in [9.17, 15) is 5.11 Å². The summed E-state index contributed by atoms with van der Waals surface area (Å²) in [6, 6.07) is 0. The molecule has 0 saturated heterocycles. The highest BCUT2D eigenvalue weighted by atomic mass is 35.5. The van der Waals surface area contributed by atoms with Crippen LogP contribution in [0.15, 0.2) is 0 Å². The van der Waals surface area contributed by atoms with Crippen LogP contribution in [0.4, 0.5) is 0 Å². The van der Waals surface area contributed by atoms with Gasteiger partial charge in [0, 0.05) is 5.88 Å². The molecule has 2 fully saturated rings. The molecule has 10 heavy (non-hydrogen) atoms. The van der Waals surface area contributed by atoms with E-state index < -0.39 is 0 Å². The third-order valence-corrected chi connectivity index (χ3v) is 3.60. The van der Waals surface area contributed by atoms with Gasteiger partial charge in [-0.2, -0.15) is 0 Å². The van der Waals surface area contributed by atoms with Crippen LogP contribution in [0.1, 0.15) is 19.3 Å². The van der Waals surface area contributed by atoms with E-state index in [2.05, 4.69) is 0 Å². The van der Waals surface area contributed by atoms with Crippen LogP contribution in [0.3, 0.4) is 0 Å². The first kappa shape index (κ1) is 6.93. The Morgan fingerprint density at radius 2 is 2.20 bits per heavy atom. The molecule has 4 atom stereocenters. The molecular formula is C8H13ClO. The second-order valence-electron chi connectivity index (χ2n) is 3.62. The highest BCUT2D eigenvalue weighted by Crippen LogP contribution is 2.49. The molecular weight excluding hydrogens is 148 g/mol. The topological polar surface area (TPSA) is 20.2 Å².